The van der Waals surface area contributed by atoms with Crippen molar-refractivity contribution < 1.29 is 9.52 Å². The van der Waals surface area contributed by atoms with Gasteiger partial charge in [-0.25, -0.2) is 0 Å². The fraction of sp³-hybridized carbons (Fsp3) is 0.0714. The molecule has 0 radical (unpaired) electrons. The molecule has 3 nitrogen and oxygen atoms in total. The molecule has 0 amide bonds. The highest BCUT2D eigenvalue weighted by Gasteiger charge is 2.20. The van der Waals surface area contributed by atoms with Crippen molar-refractivity contribution in [2.75, 3.05) is 0 Å². The van der Waals surface area contributed by atoms with E-state index in [0.29, 0.717) is 27.1 Å². The Labute approximate surface area is 119 Å². The second-order valence-corrected chi connectivity index (χ2v) is 4.89. The first-order valence-electron chi connectivity index (χ1n) is 5.63. The Kier molecular flexibility index (Phi) is 3.19. The molecule has 0 bridgehead atoms. The summed E-state index contributed by atoms with van der Waals surface area (Å²) < 4.78 is 5.59. The lowest BCUT2D eigenvalue weighted by Crippen LogP contribution is -2.01. The van der Waals surface area contributed by atoms with Crippen LogP contribution in [-0.2, 0) is 0 Å². The largest absolute Gasteiger partial charge is 0.456 e. The fourth-order valence-electron chi connectivity index (χ4n) is 1.92. The van der Waals surface area contributed by atoms with Crippen LogP contribution in [0, 0.1) is 0 Å². The summed E-state index contributed by atoms with van der Waals surface area (Å²) in [6.45, 7) is 0. The van der Waals surface area contributed by atoms with E-state index < -0.39 is 6.10 Å². The summed E-state index contributed by atoms with van der Waals surface area (Å²) in [4.78, 5) is 4.07. The molecule has 2 heterocycles. The maximum absolute atomic E-state index is 10.3. The molecule has 0 aliphatic carbocycles. The molecule has 5 heteroatoms. The lowest BCUT2D eigenvalue weighted by atomic mass is 10.1. The number of nitrogens with zero attached hydrogens (tertiary/aromatic N) is 1. The van der Waals surface area contributed by atoms with Crippen LogP contribution in [0.25, 0.3) is 11.0 Å². The standard InChI is InChI=1S/C14H9Cl2NO2/c15-9-5-2-6-17-12(9)13(18)11-7-8-3-1-4-10(16)14(8)19-11/h1-7,13,18H. The minimum atomic E-state index is -1.02. The second-order valence-electron chi connectivity index (χ2n) is 4.08. The minimum absolute atomic E-state index is 0.361. The number of para-hydroxylation sites is 1. The predicted molar refractivity (Wildman–Crippen MR) is 74.5 cm³/mol. The molecular weight excluding hydrogens is 285 g/mol. The Balaban J connectivity index is 2.10. The van der Waals surface area contributed by atoms with Gasteiger partial charge in [0.05, 0.1) is 15.7 Å². The monoisotopic (exact) mass is 293 g/mol. The summed E-state index contributed by atoms with van der Waals surface area (Å²) in [7, 11) is 0. The normalized spacial score (nSPS) is 12.8. The molecular formula is C14H9Cl2NO2. The summed E-state index contributed by atoms with van der Waals surface area (Å²) >= 11 is 12.0. The van der Waals surface area contributed by atoms with E-state index in [9.17, 15) is 5.11 Å². The van der Waals surface area contributed by atoms with Crippen molar-refractivity contribution in [1.29, 1.82) is 0 Å². The zero-order chi connectivity index (χ0) is 13.4. The average Bonchev–Trinajstić information content (AvgIpc) is 2.84. The van der Waals surface area contributed by atoms with Crippen molar-refractivity contribution >= 4 is 34.2 Å². The van der Waals surface area contributed by atoms with E-state index in [1.165, 1.54) is 0 Å². The third-order valence-corrected chi connectivity index (χ3v) is 3.45. The van der Waals surface area contributed by atoms with Crippen LogP contribution in [0.2, 0.25) is 10.0 Å². The molecule has 3 aromatic rings. The van der Waals surface area contributed by atoms with Crippen LogP contribution in [0.15, 0.2) is 47.0 Å². The van der Waals surface area contributed by atoms with Gasteiger partial charge in [-0.15, -0.1) is 0 Å². The molecule has 2 aromatic heterocycles. The molecule has 0 fully saturated rings. The number of aromatic nitrogens is 1. The van der Waals surface area contributed by atoms with Gasteiger partial charge in [-0.1, -0.05) is 35.3 Å². The van der Waals surface area contributed by atoms with Gasteiger partial charge in [0.2, 0.25) is 0 Å². The molecule has 1 atom stereocenters. The van der Waals surface area contributed by atoms with Crippen molar-refractivity contribution in [3.8, 4) is 0 Å². The van der Waals surface area contributed by atoms with Crippen molar-refractivity contribution in [3.05, 3.63) is 64.1 Å². The van der Waals surface area contributed by atoms with Gasteiger partial charge in [0.15, 0.2) is 11.7 Å². The van der Waals surface area contributed by atoms with Gasteiger partial charge in [0.25, 0.3) is 0 Å². The van der Waals surface area contributed by atoms with Gasteiger partial charge in [-0.3, -0.25) is 4.98 Å². The van der Waals surface area contributed by atoms with Gasteiger partial charge in [0.1, 0.15) is 5.76 Å². The lowest BCUT2D eigenvalue weighted by Gasteiger charge is -2.08. The first-order valence-corrected chi connectivity index (χ1v) is 6.39. The molecule has 0 saturated carbocycles. The molecule has 19 heavy (non-hydrogen) atoms. The predicted octanol–water partition coefficient (Wildman–Crippen LogP) is 4.22. The Morgan fingerprint density at radius 1 is 1.11 bits per heavy atom. The van der Waals surface area contributed by atoms with E-state index in [1.807, 2.05) is 12.1 Å². The van der Waals surface area contributed by atoms with E-state index in [2.05, 4.69) is 4.98 Å². The smallest absolute Gasteiger partial charge is 0.155 e. The number of furan rings is 1. The van der Waals surface area contributed by atoms with Gasteiger partial charge in [-0.2, -0.15) is 0 Å². The van der Waals surface area contributed by atoms with Crippen molar-refractivity contribution in [2.24, 2.45) is 0 Å². The average molecular weight is 294 g/mol. The Morgan fingerprint density at radius 2 is 1.89 bits per heavy atom. The fourth-order valence-corrected chi connectivity index (χ4v) is 2.36. The van der Waals surface area contributed by atoms with Crippen molar-refractivity contribution in [2.45, 2.75) is 6.10 Å². The van der Waals surface area contributed by atoms with Crippen LogP contribution in [0.3, 0.4) is 0 Å². The van der Waals surface area contributed by atoms with Crippen molar-refractivity contribution in [1.82, 2.24) is 4.98 Å². The first-order chi connectivity index (χ1) is 9.16. The van der Waals surface area contributed by atoms with Gasteiger partial charge < -0.3 is 9.52 Å². The maximum Gasteiger partial charge on any atom is 0.155 e. The van der Waals surface area contributed by atoms with Crippen molar-refractivity contribution in [3.63, 3.8) is 0 Å². The van der Waals surface area contributed by atoms with E-state index in [1.54, 1.807) is 30.5 Å². The number of hydrogen-bond acceptors (Lipinski definition) is 3. The highest BCUT2D eigenvalue weighted by atomic mass is 35.5. The van der Waals surface area contributed by atoms with E-state index in [0.717, 1.165) is 5.39 Å². The molecule has 0 aliphatic rings. The molecule has 0 aliphatic heterocycles. The topological polar surface area (TPSA) is 46.3 Å². The van der Waals surface area contributed by atoms with E-state index in [-0.39, 0.29) is 0 Å². The summed E-state index contributed by atoms with van der Waals surface area (Å²) in [5, 5.41) is 12.0. The number of hydrogen-bond donors (Lipinski definition) is 1. The number of aliphatic hydroxyl groups excluding tert-OH is 1. The third-order valence-electron chi connectivity index (χ3n) is 2.83. The molecule has 1 aromatic carbocycles. The van der Waals surface area contributed by atoms with Crippen LogP contribution in [0.1, 0.15) is 17.6 Å². The summed E-state index contributed by atoms with van der Waals surface area (Å²) in [5.74, 6) is 0.365. The zero-order valence-electron chi connectivity index (χ0n) is 9.68. The summed E-state index contributed by atoms with van der Waals surface area (Å²) in [6.07, 6.45) is 0.553. The summed E-state index contributed by atoms with van der Waals surface area (Å²) in [5.41, 5.74) is 0.907. The minimum Gasteiger partial charge on any atom is -0.456 e. The Bertz CT molecular complexity index is 739. The van der Waals surface area contributed by atoms with Crippen LogP contribution in [0.5, 0.6) is 0 Å². The molecule has 1 unspecified atom stereocenters. The van der Waals surface area contributed by atoms with Crippen LogP contribution < -0.4 is 0 Å². The Hall–Kier alpha value is -1.55. The number of fused-ring (bicyclic) bond motifs is 1. The van der Waals surface area contributed by atoms with Gasteiger partial charge >= 0.3 is 0 Å². The second kappa shape index (κ2) is 4.85. The van der Waals surface area contributed by atoms with E-state index in [4.69, 9.17) is 27.6 Å². The highest BCUT2D eigenvalue weighted by Crippen LogP contribution is 2.33. The number of rotatable bonds is 2. The van der Waals surface area contributed by atoms with Crippen LogP contribution in [-0.4, -0.2) is 10.1 Å². The number of pyridine rings is 1. The van der Waals surface area contributed by atoms with E-state index >= 15 is 0 Å². The van der Waals surface area contributed by atoms with Gasteiger partial charge in [-0.05, 0) is 24.3 Å². The number of halogens is 2. The number of benzene rings is 1. The first kappa shape index (κ1) is 12.5. The number of aliphatic hydroxyl groups is 1. The summed E-state index contributed by atoms with van der Waals surface area (Å²) in [6, 6.07) is 10.5. The lowest BCUT2D eigenvalue weighted by molar-refractivity contribution is 0.188. The third kappa shape index (κ3) is 2.21. The highest BCUT2D eigenvalue weighted by molar-refractivity contribution is 6.34. The van der Waals surface area contributed by atoms with Crippen LogP contribution in [0.4, 0.5) is 0 Å². The maximum atomic E-state index is 10.3. The zero-order valence-corrected chi connectivity index (χ0v) is 11.2. The molecule has 96 valence electrons. The quantitative estimate of drug-likeness (QED) is 0.770. The molecule has 1 N–H and O–H groups in total. The molecule has 3 rings (SSSR count). The molecule has 0 saturated heterocycles. The van der Waals surface area contributed by atoms with Crippen LogP contribution >= 0.6 is 23.2 Å². The van der Waals surface area contributed by atoms with Gasteiger partial charge in [0, 0.05) is 11.6 Å². The Morgan fingerprint density at radius 3 is 2.63 bits per heavy atom. The molecule has 0 spiro atoms. The SMILES string of the molecule is OC(c1cc2cccc(Cl)c2o1)c1ncccc1Cl.